The Balaban J connectivity index is 1.63. The molecule has 0 radical (unpaired) electrons. The first kappa shape index (κ1) is 29.1. The molecule has 0 N–H and O–H groups in total. The number of carbonyl (C=O) groups excluding carboxylic acids is 1. The number of rotatable bonds is 12. The number of carbonyl (C=O) groups is 1. The fraction of sp³-hybridized carbons (Fsp3) is 0.300. The van der Waals surface area contributed by atoms with Crippen LogP contribution >= 0.6 is 0 Å². The van der Waals surface area contributed by atoms with Crippen molar-refractivity contribution in [2.75, 3.05) is 42.2 Å². The van der Waals surface area contributed by atoms with Crippen LogP contribution in [0.2, 0.25) is 0 Å². The minimum Gasteiger partial charge on any atom is -0.493 e. The Labute approximate surface area is 237 Å². The fourth-order valence-corrected chi connectivity index (χ4v) is 4.59. The third-order valence-corrected chi connectivity index (χ3v) is 6.63. The summed E-state index contributed by atoms with van der Waals surface area (Å²) in [5.41, 5.74) is 2.74. The molecule has 0 aliphatic carbocycles. The van der Waals surface area contributed by atoms with Gasteiger partial charge in [0.25, 0.3) is 5.69 Å². The van der Waals surface area contributed by atoms with Crippen LogP contribution in [0, 0.1) is 16.0 Å². The SMILES string of the molecule is COc1cc(C[C@@H]2COC(=O)/C2=C/c2cc(OC)c(OC)c(OCc3ccc([N+](=O)[O-])cc3)c2)cc(OC)c1OC. The molecule has 1 aliphatic heterocycles. The average molecular weight is 566 g/mol. The molecule has 0 unspecified atom stereocenters. The lowest BCUT2D eigenvalue weighted by Crippen LogP contribution is -2.08. The summed E-state index contributed by atoms with van der Waals surface area (Å²) in [5, 5.41) is 10.9. The van der Waals surface area contributed by atoms with Gasteiger partial charge >= 0.3 is 5.97 Å². The highest BCUT2D eigenvalue weighted by atomic mass is 16.6. The van der Waals surface area contributed by atoms with Gasteiger partial charge in [-0.25, -0.2) is 4.79 Å². The van der Waals surface area contributed by atoms with Crippen LogP contribution in [0.4, 0.5) is 5.69 Å². The van der Waals surface area contributed by atoms with Gasteiger partial charge in [0.1, 0.15) is 6.61 Å². The van der Waals surface area contributed by atoms with Crippen LogP contribution < -0.4 is 28.4 Å². The highest BCUT2D eigenvalue weighted by Gasteiger charge is 2.31. The minimum absolute atomic E-state index is 0.00819. The second kappa shape index (κ2) is 12.9. The Hall–Kier alpha value is -4.93. The molecule has 1 aliphatic rings. The van der Waals surface area contributed by atoms with Crippen LogP contribution in [0.15, 0.2) is 54.1 Å². The van der Waals surface area contributed by atoms with Crippen LogP contribution in [-0.2, 0) is 22.6 Å². The van der Waals surface area contributed by atoms with Crippen molar-refractivity contribution >= 4 is 17.7 Å². The van der Waals surface area contributed by atoms with E-state index in [0.29, 0.717) is 52.1 Å². The van der Waals surface area contributed by atoms with E-state index in [2.05, 4.69) is 0 Å². The molecule has 1 atom stereocenters. The van der Waals surface area contributed by atoms with E-state index >= 15 is 0 Å². The van der Waals surface area contributed by atoms with Gasteiger partial charge in [-0.15, -0.1) is 0 Å². The smallest absolute Gasteiger partial charge is 0.334 e. The first-order chi connectivity index (χ1) is 19.8. The molecule has 216 valence electrons. The summed E-state index contributed by atoms with van der Waals surface area (Å²) in [6.07, 6.45) is 2.24. The van der Waals surface area contributed by atoms with Gasteiger partial charge in [-0.3, -0.25) is 10.1 Å². The summed E-state index contributed by atoms with van der Waals surface area (Å²) in [6.45, 7) is 0.349. The third kappa shape index (κ3) is 6.46. The lowest BCUT2D eigenvalue weighted by Gasteiger charge is -2.16. The highest BCUT2D eigenvalue weighted by Crippen LogP contribution is 2.42. The van der Waals surface area contributed by atoms with Crippen molar-refractivity contribution in [1.82, 2.24) is 0 Å². The van der Waals surface area contributed by atoms with Crippen molar-refractivity contribution in [3.05, 3.63) is 80.9 Å². The first-order valence-corrected chi connectivity index (χ1v) is 12.6. The Morgan fingerprint density at radius 1 is 0.829 bits per heavy atom. The number of methoxy groups -OCH3 is 5. The molecule has 41 heavy (non-hydrogen) atoms. The van der Waals surface area contributed by atoms with E-state index in [-0.39, 0.29) is 24.8 Å². The standard InChI is InChI=1S/C30H31NO10/c1-35-24-12-19(13-25(36-2)28(24)38-4)10-21-17-41-30(32)23(21)11-20-14-26(37-3)29(39-5)27(15-20)40-16-18-6-8-22(9-7-18)31(33)34/h6-9,11-15,21H,10,16-17H2,1-5H3/b23-11+/t21-/m1/s1. The Morgan fingerprint density at radius 3 is 1.95 bits per heavy atom. The minimum atomic E-state index is -0.460. The van der Waals surface area contributed by atoms with Gasteiger partial charge in [-0.2, -0.15) is 0 Å². The number of nitro groups is 1. The lowest BCUT2D eigenvalue weighted by atomic mass is 9.92. The van der Waals surface area contributed by atoms with Crippen LogP contribution in [0.25, 0.3) is 6.08 Å². The fourth-order valence-electron chi connectivity index (χ4n) is 4.59. The summed E-state index contributed by atoms with van der Waals surface area (Å²) in [7, 11) is 7.64. The maximum absolute atomic E-state index is 12.8. The van der Waals surface area contributed by atoms with E-state index in [1.54, 1.807) is 44.6 Å². The molecule has 0 aromatic heterocycles. The van der Waals surface area contributed by atoms with Gasteiger partial charge in [0.15, 0.2) is 23.0 Å². The van der Waals surface area contributed by atoms with E-state index < -0.39 is 10.9 Å². The van der Waals surface area contributed by atoms with Gasteiger partial charge in [0.2, 0.25) is 11.5 Å². The number of benzene rings is 3. The summed E-state index contributed by atoms with van der Waals surface area (Å²) in [6, 6.07) is 13.2. The van der Waals surface area contributed by atoms with E-state index in [0.717, 1.165) is 11.1 Å². The maximum Gasteiger partial charge on any atom is 0.334 e. The Morgan fingerprint density at radius 2 is 1.39 bits per heavy atom. The van der Waals surface area contributed by atoms with Gasteiger partial charge in [0, 0.05) is 23.6 Å². The van der Waals surface area contributed by atoms with Crippen LogP contribution in [0.5, 0.6) is 34.5 Å². The zero-order chi connectivity index (χ0) is 29.5. The second-order valence-corrected chi connectivity index (χ2v) is 9.10. The molecule has 1 saturated heterocycles. The largest absolute Gasteiger partial charge is 0.493 e. The zero-order valence-electron chi connectivity index (χ0n) is 23.4. The second-order valence-electron chi connectivity index (χ2n) is 9.10. The van der Waals surface area contributed by atoms with Crippen molar-refractivity contribution in [3.8, 4) is 34.5 Å². The van der Waals surface area contributed by atoms with Crippen LogP contribution in [-0.4, -0.2) is 53.0 Å². The molecule has 4 rings (SSSR count). The quantitative estimate of drug-likeness (QED) is 0.128. The van der Waals surface area contributed by atoms with E-state index in [4.69, 9.17) is 33.2 Å². The molecule has 1 fully saturated rings. The molecule has 3 aromatic carbocycles. The molecule has 3 aromatic rings. The number of ether oxygens (including phenoxy) is 7. The summed E-state index contributed by atoms with van der Waals surface area (Å²) in [5.74, 6) is 2.05. The molecule has 0 saturated carbocycles. The molecule has 1 heterocycles. The number of hydrogen-bond acceptors (Lipinski definition) is 10. The molecule has 0 amide bonds. The molecular formula is C30H31NO10. The number of cyclic esters (lactones) is 1. The number of esters is 1. The lowest BCUT2D eigenvalue weighted by molar-refractivity contribution is -0.384. The average Bonchev–Trinajstić information content (AvgIpc) is 3.32. The van der Waals surface area contributed by atoms with Gasteiger partial charge in [-0.05, 0) is 65.6 Å². The number of hydrogen-bond donors (Lipinski definition) is 0. The monoisotopic (exact) mass is 565 g/mol. The summed E-state index contributed by atoms with van der Waals surface area (Å²) < 4.78 is 38.9. The van der Waals surface area contributed by atoms with Crippen molar-refractivity contribution in [2.45, 2.75) is 13.0 Å². The first-order valence-electron chi connectivity index (χ1n) is 12.6. The topological polar surface area (TPSA) is 125 Å². The Bertz CT molecular complexity index is 1420. The maximum atomic E-state index is 12.8. The van der Waals surface area contributed by atoms with E-state index in [1.165, 1.54) is 33.5 Å². The van der Waals surface area contributed by atoms with Crippen molar-refractivity contribution in [1.29, 1.82) is 0 Å². The molecule has 11 heteroatoms. The predicted octanol–water partition coefficient (Wildman–Crippen LogP) is 5.02. The van der Waals surface area contributed by atoms with Crippen molar-refractivity contribution < 1.29 is 42.9 Å². The molecule has 0 bridgehead atoms. The van der Waals surface area contributed by atoms with Crippen LogP contribution in [0.1, 0.15) is 16.7 Å². The molecule has 11 nitrogen and oxygen atoms in total. The van der Waals surface area contributed by atoms with Gasteiger partial charge in [0.05, 0.1) is 47.1 Å². The van der Waals surface area contributed by atoms with Crippen molar-refractivity contribution in [2.24, 2.45) is 5.92 Å². The highest BCUT2D eigenvalue weighted by molar-refractivity contribution is 5.96. The summed E-state index contributed by atoms with van der Waals surface area (Å²) in [4.78, 5) is 23.3. The van der Waals surface area contributed by atoms with E-state index in [9.17, 15) is 14.9 Å². The van der Waals surface area contributed by atoms with Crippen molar-refractivity contribution in [3.63, 3.8) is 0 Å². The number of nitro benzene ring substituents is 1. The van der Waals surface area contributed by atoms with Crippen LogP contribution in [0.3, 0.4) is 0 Å². The molecule has 0 spiro atoms. The Kier molecular flexibility index (Phi) is 9.18. The zero-order valence-corrected chi connectivity index (χ0v) is 23.4. The van der Waals surface area contributed by atoms with Gasteiger partial charge in [-0.1, -0.05) is 0 Å². The van der Waals surface area contributed by atoms with Gasteiger partial charge < -0.3 is 33.2 Å². The number of nitrogens with zero attached hydrogens (tertiary/aromatic N) is 1. The predicted molar refractivity (Wildman–Crippen MR) is 149 cm³/mol. The molecular weight excluding hydrogens is 534 g/mol. The normalized spacial score (nSPS) is 15.3. The number of non-ortho nitro benzene ring substituents is 1. The third-order valence-electron chi connectivity index (χ3n) is 6.63. The summed E-state index contributed by atoms with van der Waals surface area (Å²) >= 11 is 0. The van der Waals surface area contributed by atoms with E-state index in [1.807, 2.05) is 12.1 Å².